The Morgan fingerprint density at radius 3 is 2.67 bits per heavy atom. The first-order chi connectivity index (χ1) is 8.43. The molecule has 0 unspecified atom stereocenters. The number of nitrogens with zero attached hydrogens (tertiary/aromatic N) is 1. The van der Waals surface area contributed by atoms with Gasteiger partial charge in [-0.15, -0.1) is 0 Å². The van der Waals surface area contributed by atoms with Crippen molar-refractivity contribution < 1.29 is 4.74 Å². The third-order valence-corrected chi connectivity index (χ3v) is 3.30. The summed E-state index contributed by atoms with van der Waals surface area (Å²) < 4.78 is 5.13. The van der Waals surface area contributed by atoms with E-state index >= 15 is 0 Å². The zero-order chi connectivity index (χ0) is 13.3. The van der Waals surface area contributed by atoms with Gasteiger partial charge >= 0.3 is 0 Å². The molecule has 96 valence electrons. The molecule has 1 heterocycles. The zero-order valence-corrected chi connectivity index (χ0v) is 12.1. The van der Waals surface area contributed by atoms with Crippen molar-refractivity contribution in [2.45, 2.75) is 19.4 Å². The van der Waals surface area contributed by atoms with Crippen LogP contribution < -0.4 is 15.0 Å². The first-order valence-electron chi connectivity index (χ1n) is 5.57. The first-order valence-corrected chi connectivity index (χ1v) is 6.36. The lowest BCUT2D eigenvalue weighted by Crippen LogP contribution is -2.51. The van der Waals surface area contributed by atoms with E-state index in [1.165, 1.54) is 0 Å². The Bertz CT molecular complexity index is 514. The molecular weight excluding hydrogens is 268 g/mol. The fourth-order valence-electron chi connectivity index (χ4n) is 1.71. The van der Waals surface area contributed by atoms with Crippen molar-refractivity contribution >= 4 is 34.6 Å². The number of hydrogen-bond donors (Lipinski definition) is 1. The van der Waals surface area contributed by atoms with E-state index in [4.69, 9.17) is 28.6 Å². The van der Waals surface area contributed by atoms with Crippen molar-refractivity contribution in [2.24, 2.45) is 0 Å². The zero-order valence-electron chi connectivity index (χ0n) is 10.5. The summed E-state index contributed by atoms with van der Waals surface area (Å²) in [5.74, 6) is 0.653. The minimum Gasteiger partial charge on any atom is -0.495 e. The summed E-state index contributed by atoms with van der Waals surface area (Å²) in [4.78, 5) is 1.88. The summed E-state index contributed by atoms with van der Waals surface area (Å²) in [6, 6.07) is 5.58. The van der Waals surface area contributed by atoms with Gasteiger partial charge in [0.05, 0.1) is 17.7 Å². The fourth-order valence-corrected chi connectivity index (χ4v) is 2.40. The molecule has 5 heteroatoms. The van der Waals surface area contributed by atoms with Gasteiger partial charge < -0.3 is 10.1 Å². The molecule has 2 rings (SSSR count). The lowest BCUT2D eigenvalue weighted by atomic mass is 10.0. The number of hydrogen-bond acceptors (Lipinski definition) is 2. The highest BCUT2D eigenvalue weighted by Crippen LogP contribution is 2.30. The average molecular weight is 283 g/mol. The second kappa shape index (κ2) is 4.78. The first kappa shape index (κ1) is 13.2. The maximum Gasteiger partial charge on any atom is 0.178 e. The van der Waals surface area contributed by atoms with Crippen LogP contribution in [-0.4, -0.2) is 17.8 Å². The smallest absolute Gasteiger partial charge is 0.178 e. The molecule has 1 aromatic carbocycles. The lowest BCUT2D eigenvalue weighted by Gasteiger charge is -2.34. The number of anilines is 1. The Morgan fingerprint density at radius 2 is 2.11 bits per heavy atom. The Kier molecular flexibility index (Phi) is 3.50. The predicted octanol–water partition coefficient (Wildman–Crippen LogP) is 3.34. The van der Waals surface area contributed by atoms with Crippen molar-refractivity contribution in [3.05, 3.63) is 35.5 Å². The van der Waals surface area contributed by atoms with Crippen molar-refractivity contribution in [3.8, 4) is 5.75 Å². The molecule has 0 spiro atoms. The van der Waals surface area contributed by atoms with Gasteiger partial charge in [-0.05, 0) is 50.3 Å². The van der Waals surface area contributed by atoms with Crippen LogP contribution in [0.2, 0.25) is 5.02 Å². The Labute approximate surface area is 117 Å². The molecule has 0 saturated heterocycles. The third kappa shape index (κ3) is 2.60. The maximum absolute atomic E-state index is 6.11. The van der Waals surface area contributed by atoms with Gasteiger partial charge in [0, 0.05) is 11.9 Å². The summed E-state index contributed by atoms with van der Waals surface area (Å²) in [5, 5.41) is 4.47. The average Bonchev–Trinajstić information content (AvgIpc) is 2.27. The van der Waals surface area contributed by atoms with Crippen LogP contribution in [0.3, 0.4) is 0 Å². The molecule has 0 radical (unpaired) electrons. The van der Waals surface area contributed by atoms with Crippen molar-refractivity contribution in [3.63, 3.8) is 0 Å². The lowest BCUT2D eigenvalue weighted by molar-refractivity contribution is 0.415. The quantitative estimate of drug-likeness (QED) is 0.841. The highest BCUT2D eigenvalue weighted by molar-refractivity contribution is 7.80. The van der Waals surface area contributed by atoms with E-state index in [0.29, 0.717) is 15.9 Å². The van der Waals surface area contributed by atoms with Crippen LogP contribution in [0, 0.1) is 0 Å². The van der Waals surface area contributed by atoms with Crippen LogP contribution in [0.1, 0.15) is 13.8 Å². The van der Waals surface area contributed by atoms with Gasteiger partial charge in [0.2, 0.25) is 0 Å². The van der Waals surface area contributed by atoms with Crippen LogP contribution in [0.5, 0.6) is 5.75 Å². The predicted molar refractivity (Wildman–Crippen MR) is 79.4 cm³/mol. The molecule has 1 aliphatic heterocycles. The van der Waals surface area contributed by atoms with Gasteiger partial charge in [0.1, 0.15) is 5.75 Å². The molecule has 3 nitrogen and oxygen atoms in total. The van der Waals surface area contributed by atoms with Gasteiger partial charge in [-0.25, -0.2) is 0 Å². The molecule has 0 fully saturated rings. The monoisotopic (exact) mass is 282 g/mol. The van der Waals surface area contributed by atoms with Crippen LogP contribution in [0.25, 0.3) is 0 Å². The van der Waals surface area contributed by atoms with Crippen LogP contribution in [-0.2, 0) is 0 Å². The van der Waals surface area contributed by atoms with Gasteiger partial charge in [0.25, 0.3) is 0 Å². The van der Waals surface area contributed by atoms with E-state index in [0.717, 1.165) is 5.69 Å². The standard InChI is InChI=1S/C13H15ClN2OS/c1-13(2)6-7-16(12(18)15-13)9-4-5-11(17-3)10(14)8-9/h4-8H,1-3H3,(H,15,18). The van der Waals surface area contributed by atoms with Gasteiger partial charge in [-0.1, -0.05) is 11.6 Å². The van der Waals surface area contributed by atoms with Crippen LogP contribution in [0.15, 0.2) is 30.5 Å². The maximum atomic E-state index is 6.11. The molecule has 0 aliphatic carbocycles. The summed E-state index contributed by atoms with van der Waals surface area (Å²) in [6.45, 7) is 4.13. The molecule has 1 N–H and O–H groups in total. The number of nitrogens with one attached hydrogen (secondary N) is 1. The molecule has 0 aromatic heterocycles. The van der Waals surface area contributed by atoms with Crippen molar-refractivity contribution in [2.75, 3.05) is 12.0 Å². The Balaban J connectivity index is 2.33. The van der Waals surface area contributed by atoms with Crippen LogP contribution in [0.4, 0.5) is 5.69 Å². The van der Waals surface area contributed by atoms with E-state index in [9.17, 15) is 0 Å². The molecule has 0 bridgehead atoms. The summed E-state index contributed by atoms with van der Waals surface area (Å²) in [5.41, 5.74) is 0.786. The Hall–Kier alpha value is -1.26. The molecule has 0 saturated carbocycles. The van der Waals surface area contributed by atoms with Crippen molar-refractivity contribution in [1.29, 1.82) is 0 Å². The molecular formula is C13H15ClN2OS. The molecule has 1 aliphatic rings. The van der Waals surface area contributed by atoms with E-state index in [1.54, 1.807) is 7.11 Å². The number of halogens is 1. The Morgan fingerprint density at radius 1 is 1.39 bits per heavy atom. The highest BCUT2D eigenvalue weighted by atomic mass is 35.5. The molecule has 18 heavy (non-hydrogen) atoms. The number of ether oxygens (including phenoxy) is 1. The SMILES string of the molecule is COc1ccc(N2C=CC(C)(C)NC2=S)cc1Cl. The second-order valence-electron chi connectivity index (χ2n) is 4.66. The summed E-state index contributed by atoms with van der Waals surface area (Å²) >= 11 is 11.5. The molecule has 1 aromatic rings. The minimum absolute atomic E-state index is 0.121. The number of rotatable bonds is 2. The summed E-state index contributed by atoms with van der Waals surface area (Å²) in [6.07, 6.45) is 4.01. The number of thiocarbonyl (C=S) groups is 1. The minimum atomic E-state index is -0.121. The normalized spacial score (nSPS) is 17.6. The van der Waals surface area contributed by atoms with Gasteiger partial charge in [-0.3, -0.25) is 4.90 Å². The number of benzene rings is 1. The number of methoxy groups -OCH3 is 1. The van der Waals surface area contributed by atoms with E-state index in [-0.39, 0.29) is 5.54 Å². The molecule has 0 atom stereocenters. The highest BCUT2D eigenvalue weighted by Gasteiger charge is 2.23. The summed E-state index contributed by atoms with van der Waals surface area (Å²) in [7, 11) is 1.59. The van der Waals surface area contributed by atoms with E-state index in [2.05, 4.69) is 25.2 Å². The third-order valence-electron chi connectivity index (χ3n) is 2.70. The largest absolute Gasteiger partial charge is 0.495 e. The van der Waals surface area contributed by atoms with Gasteiger partial charge in [-0.2, -0.15) is 0 Å². The van der Waals surface area contributed by atoms with Crippen molar-refractivity contribution in [1.82, 2.24) is 5.32 Å². The van der Waals surface area contributed by atoms with Gasteiger partial charge in [0.15, 0.2) is 5.11 Å². The second-order valence-corrected chi connectivity index (χ2v) is 5.45. The fraction of sp³-hybridized carbons (Fsp3) is 0.308. The van der Waals surface area contributed by atoms with E-state index < -0.39 is 0 Å². The topological polar surface area (TPSA) is 24.5 Å². The molecule has 0 amide bonds. The van der Waals surface area contributed by atoms with Crippen LogP contribution >= 0.6 is 23.8 Å². The van der Waals surface area contributed by atoms with E-state index in [1.807, 2.05) is 29.3 Å².